The van der Waals surface area contributed by atoms with Gasteiger partial charge in [0.2, 0.25) is 0 Å². The first-order chi connectivity index (χ1) is 3.81. The van der Waals surface area contributed by atoms with Crippen molar-refractivity contribution in [3.05, 3.63) is 0 Å². The number of hydrogen-bond acceptors (Lipinski definition) is 2. The summed E-state index contributed by atoms with van der Waals surface area (Å²) in [5.74, 6) is 0.164. The van der Waals surface area contributed by atoms with Gasteiger partial charge in [-0.05, 0) is 0 Å². The molecule has 0 rings (SSSR count). The van der Waals surface area contributed by atoms with Gasteiger partial charge < -0.3 is 4.79 Å². The van der Waals surface area contributed by atoms with Crippen molar-refractivity contribution in [3.63, 3.8) is 0 Å². The van der Waals surface area contributed by atoms with Crippen molar-refractivity contribution < 1.29 is 35.8 Å². The molecule has 0 unspecified atom stereocenters. The fourth-order valence-corrected chi connectivity index (χ4v) is 0.397. The Balaban J connectivity index is 0. The largest absolute Gasteiger partial charge is 0.303 e. The van der Waals surface area contributed by atoms with E-state index in [4.69, 9.17) is 0 Å². The van der Waals surface area contributed by atoms with Crippen LogP contribution >= 0.6 is 0 Å². The molecule has 0 fully saturated rings. The van der Waals surface area contributed by atoms with E-state index < -0.39 is 0 Å². The Morgan fingerprint density at radius 2 is 2.11 bits per heavy atom. The fourth-order valence-electron chi connectivity index (χ4n) is 0.397. The van der Waals surface area contributed by atoms with Gasteiger partial charge in [-0.3, -0.25) is 4.79 Å². The van der Waals surface area contributed by atoms with E-state index in [0.29, 0.717) is 19.3 Å². The van der Waals surface area contributed by atoms with Crippen molar-refractivity contribution in [2.45, 2.75) is 26.2 Å². The predicted octanol–water partition coefficient (Wildman–Crippen LogP) is 0.942. The third-order valence-electron chi connectivity index (χ3n) is 0.935. The van der Waals surface area contributed by atoms with Gasteiger partial charge in [0.05, 0.1) is 0 Å². The van der Waals surface area contributed by atoms with Crippen LogP contribution in [0.3, 0.4) is 0 Å². The molecular weight excluding hydrogens is 195 g/mol. The molecule has 0 N–H and O–H groups in total. The molecule has 0 aliphatic carbocycles. The van der Waals surface area contributed by atoms with Gasteiger partial charge >= 0.3 is 0 Å². The van der Waals surface area contributed by atoms with Crippen LogP contribution in [0.2, 0.25) is 0 Å². The summed E-state index contributed by atoms with van der Waals surface area (Å²) < 4.78 is 0. The molecule has 0 saturated heterocycles. The van der Waals surface area contributed by atoms with Crippen molar-refractivity contribution in [1.29, 1.82) is 0 Å². The third-order valence-corrected chi connectivity index (χ3v) is 0.935. The second-order valence-corrected chi connectivity index (χ2v) is 1.60. The second-order valence-electron chi connectivity index (χ2n) is 1.60. The molecule has 0 aromatic carbocycles. The minimum absolute atomic E-state index is 0. The van der Waals surface area contributed by atoms with Crippen LogP contribution in [0.15, 0.2) is 0 Å². The van der Waals surface area contributed by atoms with E-state index in [2.05, 4.69) is 0 Å². The number of carbonyl (C=O) groups excluding carboxylic acids is 2. The molecule has 0 aromatic rings. The van der Waals surface area contributed by atoms with E-state index in [1.165, 1.54) is 0 Å². The Hall–Kier alpha value is 0.223. The molecule has 3 heteroatoms. The van der Waals surface area contributed by atoms with Gasteiger partial charge in [0.25, 0.3) is 0 Å². The first-order valence-corrected chi connectivity index (χ1v) is 2.76. The minimum atomic E-state index is 0. The first-order valence-electron chi connectivity index (χ1n) is 2.76. The summed E-state index contributed by atoms with van der Waals surface area (Å²) in [6.07, 6.45) is 2.12. The molecule has 0 radical (unpaired) electrons. The Morgan fingerprint density at radius 1 is 1.56 bits per heavy atom. The Labute approximate surface area is 74.1 Å². The van der Waals surface area contributed by atoms with Crippen LogP contribution in [0, 0.1) is 0 Å². The average Bonchev–Trinajstić information content (AvgIpc) is 1.83. The molecule has 0 amide bonds. The summed E-state index contributed by atoms with van der Waals surface area (Å²) in [5.41, 5.74) is 0. The van der Waals surface area contributed by atoms with Gasteiger partial charge in [-0.1, -0.05) is 6.92 Å². The second kappa shape index (κ2) is 8.22. The van der Waals surface area contributed by atoms with E-state index >= 15 is 0 Å². The molecule has 9 heavy (non-hydrogen) atoms. The van der Waals surface area contributed by atoms with Gasteiger partial charge in [0, 0.05) is 45.5 Å². The molecule has 0 spiro atoms. The standard InChI is InChI=1S/C6H10O2.Zr/c1-2-6(8)4-3-5-7;/h5H,2-4H2,1H3;. The SMILES string of the molecule is CCC(=O)CCC=O.[Zr]. The van der Waals surface area contributed by atoms with Crippen molar-refractivity contribution in [2.75, 3.05) is 0 Å². The van der Waals surface area contributed by atoms with Crippen LogP contribution in [0.1, 0.15) is 26.2 Å². The zero-order valence-electron chi connectivity index (χ0n) is 5.52. The quantitative estimate of drug-likeness (QED) is 0.640. The van der Waals surface area contributed by atoms with E-state index in [9.17, 15) is 9.59 Å². The smallest absolute Gasteiger partial charge is 0.133 e. The summed E-state index contributed by atoms with van der Waals surface area (Å²) in [7, 11) is 0. The van der Waals surface area contributed by atoms with Crippen LogP contribution in [0.4, 0.5) is 0 Å². The first kappa shape index (κ1) is 12.0. The Bertz CT molecular complexity index is 91.1. The molecule has 0 bridgehead atoms. The van der Waals surface area contributed by atoms with Crippen molar-refractivity contribution in [3.8, 4) is 0 Å². The average molecular weight is 205 g/mol. The van der Waals surface area contributed by atoms with Crippen molar-refractivity contribution >= 4 is 12.1 Å². The predicted molar refractivity (Wildman–Crippen MR) is 30.6 cm³/mol. The van der Waals surface area contributed by atoms with Crippen LogP contribution in [-0.2, 0) is 35.8 Å². The van der Waals surface area contributed by atoms with Gasteiger partial charge in [0.15, 0.2) is 0 Å². The molecule has 0 atom stereocenters. The van der Waals surface area contributed by atoms with Gasteiger partial charge in [-0.15, -0.1) is 0 Å². The van der Waals surface area contributed by atoms with Crippen LogP contribution in [0.5, 0.6) is 0 Å². The minimum Gasteiger partial charge on any atom is -0.303 e. The molecule has 0 aliphatic rings. The van der Waals surface area contributed by atoms with Crippen LogP contribution in [0.25, 0.3) is 0 Å². The molecule has 50 valence electrons. The van der Waals surface area contributed by atoms with E-state index in [-0.39, 0.29) is 32.0 Å². The van der Waals surface area contributed by atoms with Crippen molar-refractivity contribution in [1.82, 2.24) is 0 Å². The molecule has 0 aromatic heterocycles. The van der Waals surface area contributed by atoms with E-state index in [1.807, 2.05) is 0 Å². The zero-order valence-corrected chi connectivity index (χ0v) is 7.97. The summed E-state index contributed by atoms with van der Waals surface area (Å²) in [6, 6.07) is 0. The molecule has 0 aliphatic heterocycles. The summed E-state index contributed by atoms with van der Waals surface area (Å²) >= 11 is 0. The number of hydrogen-bond donors (Lipinski definition) is 0. The summed E-state index contributed by atoms with van der Waals surface area (Å²) in [6.45, 7) is 1.80. The monoisotopic (exact) mass is 204 g/mol. The third kappa shape index (κ3) is 8.22. The molecule has 2 nitrogen and oxygen atoms in total. The number of carbonyl (C=O) groups is 2. The molecule has 0 heterocycles. The number of aldehydes is 1. The maximum absolute atomic E-state index is 10.4. The fraction of sp³-hybridized carbons (Fsp3) is 0.667. The maximum atomic E-state index is 10.4. The van der Waals surface area contributed by atoms with Crippen LogP contribution in [-0.4, -0.2) is 12.1 Å². The Morgan fingerprint density at radius 3 is 2.44 bits per heavy atom. The van der Waals surface area contributed by atoms with Crippen LogP contribution < -0.4 is 0 Å². The maximum Gasteiger partial charge on any atom is 0.133 e. The number of ketones is 1. The van der Waals surface area contributed by atoms with Gasteiger partial charge in [-0.2, -0.15) is 0 Å². The van der Waals surface area contributed by atoms with Crippen molar-refractivity contribution in [2.24, 2.45) is 0 Å². The zero-order chi connectivity index (χ0) is 6.41. The molecular formula is C6H10O2Zr. The normalized spacial score (nSPS) is 7.67. The van der Waals surface area contributed by atoms with E-state index in [1.54, 1.807) is 6.92 Å². The number of rotatable bonds is 4. The topological polar surface area (TPSA) is 34.1 Å². The van der Waals surface area contributed by atoms with Gasteiger partial charge in [-0.25, -0.2) is 0 Å². The molecule has 0 saturated carbocycles. The number of Topliss-reactive ketones (excluding diaryl/α,β-unsaturated/α-hetero) is 1. The summed E-state index contributed by atoms with van der Waals surface area (Å²) in [5, 5.41) is 0. The Kier molecular flexibility index (Phi) is 10.9. The summed E-state index contributed by atoms with van der Waals surface area (Å²) in [4.78, 5) is 20.1. The van der Waals surface area contributed by atoms with E-state index in [0.717, 1.165) is 6.29 Å². The van der Waals surface area contributed by atoms with Gasteiger partial charge in [0.1, 0.15) is 12.1 Å².